The van der Waals surface area contributed by atoms with E-state index in [1.165, 1.54) is 0 Å². The van der Waals surface area contributed by atoms with Crippen molar-refractivity contribution in [1.82, 2.24) is 0 Å². The Morgan fingerprint density at radius 2 is 1.92 bits per heavy atom. The fraction of sp³-hybridized carbons (Fsp3) is 1.00. The maximum absolute atomic E-state index is 10.7. The van der Waals surface area contributed by atoms with E-state index in [2.05, 4.69) is 0 Å². The minimum absolute atomic E-state index is 0.228. The van der Waals surface area contributed by atoms with Crippen molar-refractivity contribution in [2.75, 3.05) is 0 Å². The number of aliphatic hydroxyl groups excluding tert-OH is 1. The van der Waals surface area contributed by atoms with Crippen molar-refractivity contribution in [2.45, 2.75) is 31.1 Å². The lowest BCUT2D eigenvalue weighted by Crippen LogP contribution is -2.32. The van der Waals surface area contributed by atoms with Crippen LogP contribution in [0.3, 0.4) is 0 Å². The highest BCUT2D eigenvalue weighted by molar-refractivity contribution is 7.86. The zero-order chi connectivity index (χ0) is 9.64. The van der Waals surface area contributed by atoms with Gasteiger partial charge in [0.2, 0.25) is 0 Å². The van der Waals surface area contributed by atoms with Gasteiger partial charge in [-0.15, -0.1) is 0 Å². The van der Waals surface area contributed by atoms with Crippen molar-refractivity contribution < 1.29 is 18.1 Å². The van der Waals surface area contributed by atoms with Crippen LogP contribution in [0.25, 0.3) is 0 Å². The Labute approximate surface area is 77.7 Å². The van der Waals surface area contributed by atoms with Crippen LogP contribution in [0, 0.1) is 17.8 Å². The molecule has 0 aromatic heterocycles. The number of fused-ring (bicyclic) bond motifs is 2. The third-order valence-corrected chi connectivity index (χ3v) is 4.42. The molecule has 0 radical (unpaired) electrons. The summed E-state index contributed by atoms with van der Waals surface area (Å²) in [6, 6.07) is 0. The van der Waals surface area contributed by atoms with E-state index in [1.807, 2.05) is 0 Å². The van der Waals surface area contributed by atoms with Gasteiger partial charge < -0.3 is 5.11 Å². The second kappa shape index (κ2) is 2.93. The predicted molar refractivity (Wildman–Crippen MR) is 46.5 cm³/mol. The summed E-state index contributed by atoms with van der Waals surface area (Å²) in [6.07, 6.45) is 3.93. The van der Waals surface area contributed by atoms with E-state index in [9.17, 15) is 13.5 Å². The Morgan fingerprint density at radius 3 is 2.31 bits per heavy atom. The average molecular weight is 206 g/mol. The average Bonchev–Trinajstić information content (AvgIpc) is 2.60. The van der Waals surface area contributed by atoms with Crippen LogP contribution in [0.5, 0.6) is 0 Å². The van der Waals surface area contributed by atoms with Gasteiger partial charge >= 0.3 is 0 Å². The molecular formula is C8H14O4S. The van der Waals surface area contributed by atoms with E-state index < -0.39 is 15.6 Å². The predicted octanol–water partition coefficient (Wildman–Crippen LogP) is 0.629. The molecule has 2 saturated carbocycles. The van der Waals surface area contributed by atoms with Crippen LogP contribution < -0.4 is 0 Å². The second-order valence-corrected chi connectivity index (χ2v) is 5.76. The first-order chi connectivity index (χ1) is 5.98. The van der Waals surface area contributed by atoms with Crippen LogP contribution >= 0.6 is 0 Å². The van der Waals surface area contributed by atoms with E-state index in [0.717, 1.165) is 25.7 Å². The highest BCUT2D eigenvalue weighted by atomic mass is 32.2. The number of hydrogen-bond donors (Lipinski definition) is 2. The zero-order valence-electron chi connectivity index (χ0n) is 7.26. The summed E-state index contributed by atoms with van der Waals surface area (Å²) >= 11 is 0. The van der Waals surface area contributed by atoms with Gasteiger partial charge in [-0.1, -0.05) is 6.42 Å². The lowest BCUT2D eigenvalue weighted by molar-refractivity contribution is 0.129. The van der Waals surface area contributed by atoms with Crippen LogP contribution in [-0.4, -0.2) is 23.5 Å². The lowest BCUT2D eigenvalue weighted by atomic mass is 9.89. The molecule has 0 heterocycles. The Bertz CT molecular complexity index is 297. The van der Waals surface area contributed by atoms with Crippen LogP contribution in [0.2, 0.25) is 0 Å². The minimum Gasteiger partial charge on any atom is -0.375 e. The molecular weight excluding hydrogens is 192 g/mol. The summed E-state index contributed by atoms with van der Waals surface area (Å²) in [5, 5.41) is 9.37. The first-order valence-corrected chi connectivity index (χ1v) is 6.13. The van der Waals surface area contributed by atoms with E-state index in [0.29, 0.717) is 11.8 Å². The van der Waals surface area contributed by atoms with Crippen molar-refractivity contribution >= 4 is 10.1 Å². The molecule has 4 nitrogen and oxygen atoms in total. The van der Waals surface area contributed by atoms with Gasteiger partial charge in [-0.05, 0) is 31.1 Å². The molecule has 76 valence electrons. The molecule has 13 heavy (non-hydrogen) atoms. The van der Waals surface area contributed by atoms with Gasteiger partial charge in [0.15, 0.2) is 5.44 Å². The van der Waals surface area contributed by atoms with Gasteiger partial charge in [0, 0.05) is 5.92 Å². The largest absolute Gasteiger partial charge is 0.375 e. The van der Waals surface area contributed by atoms with Crippen LogP contribution in [-0.2, 0) is 10.1 Å². The van der Waals surface area contributed by atoms with E-state index in [4.69, 9.17) is 4.55 Å². The highest BCUT2D eigenvalue weighted by Gasteiger charge is 2.46. The molecule has 4 atom stereocenters. The number of rotatable bonds is 2. The van der Waals surface area contributed by atoms with E-state index >= 15 is 0 Å². The van der Waals surface area contributed by atoms with Crippen molar-refractivity contribution in [3.63, 3.8) is 0 Å². The maximum atomic E-state index is 10.7. The van der Waals surface area contributed by atoms with Gasteiger partial charge in [-0.3, -0.25) is 4.55 Å². The smallest absolute Gasteiger partial charge is 0.292 e. The molecule has 0 spiro atoms. The van der Waals surface area contributed by atoms with E-state index in [1.54, 1.807) is 0 Å². The summed E-state index contributed by atoms with van der Waals surface area (Å²) in [6.45, 7) is 0. The van der Waals surface area contributed by atoms with Crippen molar-refractivity contribution in [1.29, 1.82) is 0 Å². The topological polar surface area (TPSA) is 74.6 Å². The first kappa shape index (κ1) is 9.43. The normalized spacial score (nSPS) is 40.9. The highest BCUT2D eigenvalue weighted by Crippen LogP contribution is 2.50. The standard InChI is InChI=1S/C8H14O4S/c9-8(13(10,11)12)7-4-5-1-2-6(7)3-5/h5-9H,1-4H2,(H,10,11,12). The monoisotopic (exact) mass is 206 g/mol. The third kappa shape index (κ3) is 1.60. The Hall–Kier alpha value is -0.130. The van der Waals surface area contributed by atoms with Crippen molar-refractivity contribution in [3.8, 4) is 0 Å². The quantitative estimate of drug-likeness (QED) is 0.650. The second-order valence-electron chi connectivity index (χ2n) is 4.24. The fourth-order valence-corrected chi connectivity index (χ4v) is 3.64. The van der Waals surface area contributed by atoms with Crippen LogP contribution in [0.4, 0.5) is 0 Å². The fourth-order valence-electron chi connectivity index (χ4n) is 2.86. The van der Waals surface area contributed by atoms with Gasteiger partial charge in [-0.25, -0.2) is 0 Å². The molecule has 0 aliphatic heterocycles. The summed E-state index contributed by atoms with van der Waals surface area (Å²) in [7, 11) is -4.25. The first-order valence-electron chi connectivity index (χ1n) is 4.63. The maximum Gasteiger partial charge on any atom is 0.292 e. The minimum atomic E-state index is -4.25. The van der Waals surface area contributed by atoms with Crippen molar-refractivity contribution in [3.05, 3.63) is 0 Å². The van der Waals surface area contributed by atoms with Crippen LogP contribution in [0.1, 0.15) is 25.7 Å². The number of hydrogen-bond acceptors (Lipinski definition) is 3. The summed E-state index contributed by atoms with van der Waals surface area (Å²) in [4.78, 5) is 0. The summed E-state index contributed by atoms with van der Waals surface area (Å²) < 4.78 is 30.1. The molecule has 0 aromatic carbocycles. The molecule has 5 heteroatoms. The van der Waals surface area contributed by atoms with Gasteiger partial charge in [0.1, 0.15) is 0 Å². The molecule has 2 N–H and O–H groups in total. The molecule has 2 rings (SSSR count). The zero-order valence-corrected chi connectivity index (χ0v) is 8.07. The third-order valence-electron chi connectivity index (χ3n) is 3.46. The number of aliphatic hydroxyl groups is 1. The summed E-state index contributed by atoms with van der Waals surface area (Å²) in [5.41, 5.74) is -1.55. The SMILES string of the molecule is O=S(=O)(O)C(O)C1CC2CCC1C2. The van der Waals surface area contributed by atoms with Crippen LogP contribution in [0.15, 0.2) is 0 Å². The molecule has 2 aliphatic rings. The van der Waals surface area contributed by atoms with Gasteiger partial charge in [-0.2, -0.15) is 8.42 Å². The van der Waals surface area contributed by atoms with E-state index in [-0.39, 0.29) is 5.92 Å². The van der Waals surface area contributed by atoms with Crippen molar-refractivity contribution in [2.24, 2.45) is 17.8 Å². The van der Waals surface area contributed by atoms with Gasteiger partial charge in [0.25, 0.3) is 10.1 Å². The molecule has 2 bridgehead atoms. The molecule has 0 amide bonds. The van der Waals surface area contributed by atoms with Gasteiger partial charge in [0.05, 0.1) is 0 Å². The summed E-state index contributed by atoms with van der Waals surface area (Å²) in [5.74, 6) is 0.655. The molecule has 0 saturated heterocycles. The molecule has 4 unspecified atom stereocenters. The Balaban J connectivity index is 2.11. The Morgan fingerprint density at radius 1 is 1.23 bits per heavy atom. The molecule has 2 fully saturated rings. The Kier molecular flexibility index (Phi) is 2.13. The lowest BCUT2D eigenvalue weighted by Gasteiger charge is -2.24. The molecule has 0 aromatic rings. The molecule has 2 aliphatic carbocycles.